The zero-order chi connectivity index (χ0) is 19.0. The summed E-state index contributed by atoms with van der Waals surface area (Å²) in [6.07, 6.45) is 1.67. The third-order valence-electron chi connectivity index (χ3n) is 4.88. The van der Waals surface area contributed by atoms with Gasteiger partial charge >= 0.3 is 0 Å². The minimum Gasteiger partial charge on any atom is -0.372 e. The average molecular weight is 362 g/mol. The Balaban J connectivity index is 1.78. The fourth-order valence-corrected chi connectivity index (χ4v) is 3.78. The number of nitrogens with zero attached hydrogens (tertiary/aromatic N) is 2. The van der Waals surface area contributed by atoms with Gasteiger partial charge in [0.05, 0.1) is 12.2 Å². The summed E-state index contributed by atoms with van der Waals surface area (Å²) in [5, 5.41) is 0. The molecule has 1 aromatic carbocycles. The van der Waals surface area contributed by atoms with Gasteiger partial charge in [-0.1, -0.05) is 36.4 Å². The number of hydrogen-bond acceptors (Lipinski definition) is 3. The van der Waals surface area contributed by atoms with E-state index in [2.05, 4.69) is 0 Å². The summed E-state index contributed by atoms with van der Waals surface area (Å²) in [6, 6.07) is 17.4. The van der Waals surface area contributed by atoms with Crippen LogP contribution in [0.4, 0.5) is 0 Å². The van der Waals surface area contributed by atoms with Crippen LogP contribution >= 0.6 is 0 Å². The predicted octanol–water partition coefficient (Wildman–Crippen LogP) is 3.42. The van der Waals surface area contributed by atoms with Crippen LogP contribution in [-0.4, -0.2) is 46.3 Å². The first-order valence-corrected chi connectivity index (χ1v) is 9.19. The number of amides is 1. The predicted molar refractivity (Wildman–Crippen MR) is 104 cm³/mol. The highest BCUT2D eigenvalue weighted by atomic mass is 16.5. The number of hydrogen-bond donors (Lipinski definition) is 0. The monoisotopic (exact) mass is 362 g/mol. The first-order chi connectivity index (χ1) is 13.0. The molecule has 0 aliphatic carbocycles. The lowest BCUT2D eigenvalue weighted by atomic mass is 10.0. The number of pyridine rings is 1. The van der Waals surface area contributed by atoms with Crippen molar-refractivity contribution in [1.29, 1.82) is 0 Å². The van der Waals surface area contributed by atoms with Crippen LogP contribution in [0.2, 0.25) is 0 Å². The number of morpholine rings is 1. The average Bonchev–Trinajstić information content (AvgIpc) is 3.06. The largest absolute Gasteiger partial charge is 0.372 e. The van der Waals surface area contributed by atoms with Crippen molar-refractivity contribution in [1.82, 2.24) is 9.30 Å². The minimum absolute atomic E-state index is 0.0804. The molecule has 138 valence electrons. The van der Waals surface area contributed by atoms with E-state index in [1.807, 2.05) is 74.6 Å². The zero-order valence-electron chi connectivity index (χ0n) is 15.5. The van der Waals surface area contributed by atoms with E-state index in [0.29, 0.717) is 18.8 Å². The minimum atomic E-state index is -0.485. The molecule has 3 heterocycles. The van der Waals surface area contributed by atoms with E-state index in [1.165, 1.54) is 0 Å². The second-order valence-corrected chi connectivity index (χ2v) is 7.06. The molecule has 2 atom stereocenters. The maximum Gasteiger partial charge on any atom is 0.296 e. The van der Waals surface area contributed by atoms with Crippen LogP contribution in [-0.2, 0) is 9.53 Å². The summed E-state index contributed by atoms with van der Waals surface area (Å²) in [5.41, 5.74) is 2.99. The number of carbonyl (C=O) groups is 2. The van der Waals surface area contributed by atoms with E-state index < -0.39 is 11.7 Å². The Morgan fingerprint density at radius 3 is 2.33 bits per heavy atom. The fraction of sp³-hybridized carbons (Fsp3) is 0.273. The molecule has 2 aromatic heterocycles. The lowest BCUT2D eigenvalue weighted by molar-refractivity contribution is -0.138. The molecule has 0 radical (unpaired) electrons. The second kappa shape index (κ2) is 7.00. The SMILES string of the molecule is C[C@H]1CN(C(=O)C(=O)c2c(-c3ccccc3)cc3ccccn23)C[C@H](C)O1. The first-order valence-electron chi connectivity index (χ1n) is 9.19. The van der Waals surface area contributed by atoms with Gasteiger partial charge in [-0.15, -0.1) is 0 Å². The maximum atomic E-state index is 13.3. The van der Waals surface area contributed by atoms with E-state index >= 15 is 0 Å². The zero-order valence-corrected chi connectivity index (χ0v) is 15.5. The van der Waals surface area contributed by atoms with Gasteiger partial charge in [0.1, 0.15) is 5.69 Å². The van der Waals surface area contributed by atoms with Crippen molar-refractivity contribution in [3.05, 3.63) is 66.5 Å². The van der Waals surface area contributed by atoms with E-state index in [0.717, 1.165) is 16.6 Å². The number of Topliss-reactive ketones (excluding diaryl/α,β-unsaturated/α-hetero) is 1. The van der Waals surface area contributed by atoms with Crippen molar-refractivity contribution < 1.29 is 14.3 Å². The lowest BCUT2D eigenvalue weighted by Crippen LogP contribution is -2.50. The van der Waals surface area contributed by atoms with Gasteiger partial charge in [0, 0.05) is 30.4 Å². The molecular formula is C22H22N2O3. The van der Waals surface area contributed by atoms with Crippen LogP contribution in [0.5, 0.6) is 0 Å². The number of benzene rings is 1. The Kier molecular flexibility index (Phi) is 4.54. The van der Waals surface area contributed by atoms with Crippen LogP contribution in [0.15, 0.2) is 60.8 Å². The van der Waals surface area contributed by atoms with Gasteiger partial charge in [-0.05, 0) is 37.6 Å². The normalized spacial score (nSPS) is 20.0. The summed E-state index contributed by atoms with van der Waals surface area (Å²) in [6.45, 7) is 4.70. The van der Waals surface area contributed by atoms with Crippen LogP contribution in [0.1, 0.15) is 24.3 Å². The molecule has 0 N–H and O–H groups in total. The summed E-state index contributed by atoms with van der Waals surface area (Å²) in [5.74, 6) is -0.959. The number of rotatable bonds is 3. The molecule has 1 fully saturated rings. The van der Waals surface area contributed by atoms with E-state index in [-0.39, 0.29) is 12.2 Å². The highest BCUT2D eigenvalue weighted by Crippen LogP contribution is 2.28. The standard InChI is InChI=1S/C22H22N2O3/c1-15-13-23(14-16(2)27-15)22(26)21(25)20-19(17-8-4-3-5-9-17)12-18-10-6-7-11-24(18)20/h3-12,15-16H,13-14H2,1-2H3/t15-,16-/m0/s1. The first kappa shape index (κ1) is 17.5. The third kappa shape index (κ3) is 3.26. The van der Waals surface area contributed by atoms with Crippen molar-refractivity contribution in [3.8, 4) is 11.1 Å². The molecule has 1 amide bonds. The third-order valence-corrected chi connectivity index (χ3v) is 4.88. The Labute approximate surface area is 158 Å². The van der Waals surface area contributed by atoms with Gasteiger partial charge in [-0.25, -0.2) is 0 Å². The van der Waals surface area contributed by atoms with Gasteiger partial charge < -0.3 is 14.0 Å². The number of ketones is 1. The van der Waals surface area contributed by atoms with Crippen molar-refractivity contribution in [2.45, 2.75) is 26.1 Å². The molecule has 3 aromatic rings. The number of fused-ring (bicyclic) bond motifs is 1. The number of ether oxygens (including phenoxy) is 1. The molecular weight excluding hydrogens is 340 g/mol. The number of aromatic nitrogens is 1. The Bertz CT molecular complexity index is 983. The quantitative estimate of drug-likeness (QED) is 0.530. The van der Waals surface area contributed by atoms with Crippen LogP contribution in [0, 0.1) is 0 Å². The molecule has 0 bridgehead atoms. The van der Waals surface area contributed by atoms with Crippen LogP contribution in [0.3, 0.4) is 0 Å². The van der Waals surface area contributed by atoms with Gasteiger partial charge in [0.15, 0.2) is 0 Å². The Morgan fingerprint density at radius 1 is 0.963 bits per heavy atom. The summed E-state index contributed by atoms with van der Waals surface area (Å²) in [4.78, 5) is 27.9. The molecule has 27 heavy (non-hydrogen) atoms. The lowest BCUT2D eigenvalue weighted by Gasteiger charge is -2.34. The van der Waals surface area contributed by atoms with E-state index in [9.17, 15) is 9.59 Å². The van der Waals surface area contributed by atoms with Gasteiger partial charge in [-0.2, -0.15) is 0 Å². The summed E-state index contributed by atoms with van der Waals surface area (Å²) in [7, 11) is 0. The molecule has 5 nitrogen and oxygen atoms in total. The molecule has 1 aliphatic heterocycles. The van der Waals surface area contributed by atoms with Crippen LogP contribution in [0.25, 0.3) is 16.6 Å². The molecule has 0 unspecified atom stereocenters. The van der Waals surface area contributed by atoms with Crippen molar-refractivity contribution in [2.75, 3.05) is 13.1 Å². The van der Waals surface area contributed by atoms with Gasteiger partial charge in [0.25, 0.3) is 11.7 Å². The van der Waals surface area contributed by atoms with Gasteiger partial charge in [0.2, 0.25) is 0 Å². The van der Waals surface area contributed by atoms with E-state index in [1.54, 1.807) is 9.30 Å². The van der Waals surface area contributed by atoms with Gasteiger partial charge in [-0.3, -0.25) is 9.59 Å². The fourth-order valence-electron chi connectivity index (χ4n) is 3.78. The molecule has 4 rings (SSSR count). The number of carbonyl (C=O) groups excluding carboxylic acids is 2. The van der Waals surface area contributed by atoms with E-state index in [4.69, 9.17) is 4.74 Å². The van der Waals surface area contributed by atoms with Crippen LogP contribution < -0.4 is 0 Å². The summed E-state index contributed by atoms with van der Waals surface area (Å²) < 4.78 is 7.49. The Hall–Kier alpha value is -2.92. The topological polar surface area (TPSA) is 51.0 Å². The molecule has 1 aliphatic rings. The smallest absolute Gasteiger partial charge is 0.296 e. The molecule has 5 heteroatoms. The molecule has 0 saturated carbocycles. The second-order valence-electron chi connectivity index (χ2n) is 7.06. The maximum absolute atomic E-state index is 13.3. The Morgan fingerprint density at radius 2 is 1.63 bits per heavy atom. The molecule has 1 saturated heterocycles. The van der Waals surface area contributed by atoms with Crippen molar-refractivity contribution in [3.63, 3.8) is 0 Å². The highest BCUT2D eigenvalue weighted by molar-refractivity contribution is 6.43. The summed E-state index contributed by atoms with van der Waals surface area (Å²) >= 11 is 0. The van der Waals surface area contributed by atoms with Crippen molar-refractivity contribution >= 4 is 17.2 Å². The molecule has 0 spiro atoms. The van der Waals surface area contributed by atoms with Crippen molar-refractivity contribution in [2.24, 2.45) is 0 Å². The highest BCUT2D eigenvalue weighted by Gasteiger charge is 2.32.